The molecule has 2 aromatic rings. The molecular formula is C16H17N3O4S. The molecule has 0 bridgehead atoms. The van der Waals surface area contributed by atoms with Crippen LogP contribution in [0.5, 0.6) is 0 Å². The molecule has 2 amide bonds. The van der Waals surface area contributed by atoms with Crippen molar-refractivity contribution in [3.05, 3.63) is 56.3 Å². The lowest BCUT2D eigenvalue weighted by molar-refractivity contribution is -0.385. The average molecular weight is 347 g/mol. The molecule has 0 aliphatic rings. The largest absolute Gasteiger partial charge is 0.351 e. The number of hydrogen-bond acceptors (Lipinski definition) is 5. The summed E-state index contributed by atoms with van der Waals surface area (Å²) in [5.41, 5.74) is 0.969. The number of hydrogen-bond donors (Lipinski definition) is 2. The molecule has 2 N–H and O–H groups in total. The van der Waals surface area contributed by atoms with E-state index in [0.717, 1.165) is 0 Å². The third-order valence-electron chi connectivity index (χ3n) is 3.33. The highest BCUT2D eigenvalue weighted by atomic mass is 32.1. The summed E-state index contributed by atoms with van der Waals surface area (Å²) < 4.78 is 0. The molecule has 0 saturated carbocycles. The molecule has 0 saturated heterocycles. The summed E-state index contributed by atoms with van der Waals surface area (Å²) in [6, 6.07) is 8.09. The van der Waals surface area contributed by atoms with Gasteiger partial charge in [0, 0.05) is 30.3 Å². The fourth-order valence-electron chi connectivity index (χ4n) is 2.12. The first-order chi connectivity index (χ1) is 11.5. The van der Waals surface area contributed by atoms with Gasteiger partial charge >= 0.3 is 0 Å². The molecule has 0 aliphatic heterocycles. The minimum absolute atomic E-state index is 0.0127. The van der Waals surface area contributed by atoms with Crippen molar-refractivity contribution < 1.29 is 14.5 Å². The number of rotatable bonds is 7. The Morgan fingerprint density at radius 3 is 2.71 bits per heavy atom. The second-order valence-electron chi connectivity index (χ2n) is 4.99. The predicted molar refractivity (Wildman–Crippen MR) is 92.4 cm³/mol. The summed E-state index contributed by atoms with van der Waals surface area (Å²) in [6.45, 7) is 2.02. The highest BCUT2D eigenvalue weighted by Crippen LogP contribution is 2.23. The van der Waals surface area contributed by atoms with Crippen LogP contribution in [0.2, 0.25) is 0 Å². The molecule has 1 aromatic heterocycles. The van der Waals surface area contributed by atoms with Gasteiger partial charge < -0.3 is 10.6 Å². The fraction of sp³-hybridized carbons (Fsp3) is 0.250. The Morgan fingerprint density at radius 1 is 1.29 bits per heavy atom. The number of carbonyl (C=O) groups excluding carboxylic acids is 2. The molecule has 1 heterocycles. The summed E-state index contributed by atoms with van der Waals surface area (Å²) in [6.07, 6.45) is 0.625. The van der Waals surface area contributed by atoms with Crippen molar-refractivity contribution in [2.75, 3.05) is 11.9 Å². The summed E-state index contributed by atoms with van der Waals surface area (Å²) in [7, 11) is 0. The van der Waals surface area contributed by atoms with Crippen LogP contribution in [-0.2, 0) is 11.2 Å². The van der Waals surface area contributed by atoms with Crippen LogP contribution in [0.25, 0.3) is 0 Å². The number of benzene rings is 1. The Kier molecular flexibility index (Phi) is 6.02. The Bertz CT molecular complexity index is 744. The maximum atomic E-state index is 11.9. The molecule has 24 heavy (non-hydrogen) atoms. The first-order valence-electron chi connectivity index (χ1n) is 7.40. The molecule has 7 nitrogen and oxygen atoms in total. The Hall–Kier alpha value is -2.74. The third-order valence-corrected chi connectivity index (χ3v) is 4.20. The van der Waals surface area contributed by atoms with E-state index in [4.69, 9.17) is 0 Å². The van der Waals surface area contributed by atoms with Crippen LogP contribution in [0, 0.1) is 10.1 Å². The van der Waals surface area contributed by atoms with E-state index in [9.17, 15) is 19.7 Å². The van der Waals surface area contributed by atoms with Crippen molar-refractivity contribution in [2.24, 2.45) is 0 Å². The number of nitrogens with one attached hydrogen (secondary N) is 2. The minimum atomic E-state index is -0.463. The molecule has 0 spiro atoms. The summed E-state index contributed by atoms with van der Waals surface area (Å²) in [4.78, 5) is 34.8. The SMILES string of the molecule is CCc1ccc(NC(=O)CCNC(=O)c2cccs2)cc1[N+](=O)[O-]. The molecule has 0 fully saturated rings. The van der Waals surface area contributed by atoms with E-state index in [1.165, 1.54) is 17.4 Å². The lowest BCUT2D eigenvalue weighted by Gasteiger charge is -2.07. The van der Waals surface area contributed by atoms with Gasteiger partial charge in [0.1, 0.15) is 0 Å². The molecule has 126 valence electrons. The second kappa shape index (κ2) is 8.21. The summed E-state index contributed by atoms with van der Waals surface area (Å²) >= 11 is 1.32. The van der Waals surface area contributed by atoms with E-state index in [0.29, 0.717) is 22.5 Å². The zero-order valence-corrected chi connectivity index (χ0v) is 13.9. The Morgan fingerprint density at radius 2 is 2.08 bits per heavy atom. The van der Waals surface area contributed by atoms with Crippen LogP contribution in [0.1, 0.15) is 28.6 Å². The minimum Gasteiger partial charge on any atom is -0.351 e. The monoisotopic (exact) mass is 347 g/mol. The highest BCUT2D eigenvalue weighted by Gasteiger charge is 2.14. The third kappa shape index (κ3) is 4.63. The normalized spacial score (nSPS) is 10.2. The number of anilines is 1. The molecule has 2 rings (SSSR count). The smallest absolute Gasteiger partial charge is 0.274 e. The molecule has 8 heteroatoms. The van der Waals surface area contributed by atoms with Crippen LogP contribution >= 0.6 is 11.3 Å². The van der Waals surface area contributed by atoms with Gasteiger partial charge in [-0.05, 0) is 23.9 Å². The maximum absolute atomic E-state index is 11.9. The lowest BCUT2D eigenvalue weighted by Crippen LogP contribution is -2.27. The second-order valence-corrected chi connectivity index (χ2v) is 5.93. The number of carbonyl (C=O) groups is 2. The quantitative estimate of drug-likeness (QED) is 0.594. The van der Waals surface area contributed by atoms with Gasteiger partial charge in [0.2, 0.25) is 5.91 Å². The molecule has 0 radical (unpaired) electrons. The highest BCUT2D eigenvalue weighted by molar-refractivity contribution is 7.12. The number of thiophene rings is 1. The Balaban J connectivity index is 1.87. The first-order valence-corrected chi connectivity index (χ1v) is 8.28. The van der Waals surface area contributed by atoms with Crippen molar-refractivity contribution in [1.29, 1.82) is 0 Å². The van der Waals surface area contributed by atoms with Crippen LogP contribution in [0.3, 0.4) is 0 Å². The number of nitrogens with zero attached hydrogens (tertiary/aromatic N) is 1. The van der Waals surface area contributed by atoms with Crippen molar-refractivity contribution in [3.63, 3.8) is 0 Å². The number of nitro benzene ring substituents is 1. The molecule has 0 atom stereocenters. The number of aryl methyl sites for hydroxylation is 1. The van der Waals surface area contributed by atoms with Crippen LogP contribution in [0.15, 0.2) is 35.7 Å². The van der Waals surface area contributed by atoms with E-state index in [2.05, 4.69) is 10.6 Å². The van der Waals surface area contributed by atoms with Crippen molar-refractivity contribution in [1.82, 2.24) is 5.32 Å². The lowest BCUT2D eigenvalue weighted by atomic mass is 10.1. The molecule has 1 aromatic carbocycles. The van der Waals surface area contributed by atoms with Gasteiger partial charge in [-0.3, -0.25) is 19.7 Å². The van der Waals surface area contributed by atoms with Crippen LogP contribution in [-0.4, -0.2) is 23.3 Å². The van der Waals surface area contributed by atoms with Gasteiger partial charge in [-0.25, -0.2) is 0 Å². The van der Waals surface area contributed by atoms with Gasteiger partial charge in [-0.1, -0.05) is 19.1 Å². The van der Waals surface area contributed by atoms with Gasteiger partial charge in [0.15, 0.2) is 0 Å². The standard InChI is InChI=1S/C16H17N3O4S/c1-2-11-5-6-12(10-13(11)19(22)23)18-15(20)7-8-17-16(21)14-4-3-9-24-14/h3-6,9-10H,2,7-8H2,1H3,(H,17,21)(H,18,20). The number of nitro groups is 1. The summed E-state index contributed by atoms with van der Waals surface area (Å²) in [5, 5.41) is 18.1. The van der Waals surface area contributed by atoms with Gasteiger partial charge in [0.25, 0.3) is 11.6 Å². The zero-order valence-electron chi connectivity index (χ0n) is 13.1. The van der Waals surface area contributed by atoms with Gasteiger partial charge in [0.05, 0.1) is 9.80 Å². The fourth-order valence-corrected chi connectivity index (χ4v) is 2.76. The van der Waals surface area contributed by atoms with E-state index in [-0.39, 0.29) is 30.5 Å². The number of amides is 2. The van der Waals surface area contributed by atoms with Crippen LogP contribution in [0.4, 0.5) is 11.4 Å². The van der Waals surface area contributed by atoms with Gasteiger partial charge in [-0.15, -0.1) is 11.3 Å². The topological polar surface area (TPSA) is 101 Å². The average Bonchev–Trinajstić information content (AvgIpc) is 3.09. The van der Waals surface area contributed by atoms with E-state index in [1.54, 1.807) is 29.6 Å². The zero-order chi connectivity index (χ0) is 17.5. The Labute approximate surface area is 142 Å². The first kappa shape index (κ1) is 17.6. The van der Waals surface area contributed by atoms with E-state index < -0.39 is 4.92 Å². The molecule has 0 aliphatic carbocycles. The maximum Gasteiger partial charge on any atom is 0.274 e. The molecular weight excluding hydrogens is 330 g/mol. The van der Waals surface area contributed by atoms with Crippen molar-refractivity contribution >= 4 is 34.5 Å². The predicted octanol–water partition coefficient (Wildman–Crippen LogP) is 2.98. The summed E-state index contributed by atoms with van der Waals surface area (Å²) in [5.74, 6) is -0.541. The molecule has 0 unspecified atom stereocenters. The van der Waals surface area contributed by atoms with E-state index >= 15 is 0 Å². The van der Waals surface area contributed by atoms with E-state index in [1.807, 2.05) is 6.92 Å². The van der Waals surface area contributed by atoms with Crippen molar-refractivity contribution in [3.8, 4) is 0 Å². The van der Waals surface area contributed by atoms with Crippen molar-refractivity contribution in [2.45, 2.75) is 19.8 Å². The van der Waals surface area contributed by atoms with Gasteiger partial charge in [-0.2, -0.15) is 0 Å². The van der Waals surface area contributed by atoms with Crippen LogP contribution < -0.4 is 10.6 Å².